The zero-order valence-electron chi connectivity index (χ0n) is 11.1. The molecule has 0 aliphatic carbocycles. The summed E-state index contributed by atoms with van der Waals surface area (Å²) in [5.74, 6) is -0.930. The van der Waals surface area contributed by atoms with E-state index in [0.29, 0.717) is 0 Å². The highest BCUT2D eigenvalue weighted by Gasteiger charge is 2.09. The first-order chi connectivity index (χ1) is 9.69. The number of hydrogen-bond acceptors (Lipinski definition) is 2. The fourth-order valence-electron chi connectivity index (χ4n) is 2.24. The second-order valence-corrected chi connectivity index (χ2v) is 4.64. The smallest absolute Gasteiger partial charge is 0.335 e. The molecular formula is C16H14N2O2. The third-order valence-electron chi connectivity index (χ3n) is 3.42. The summed E-state index contributed by atoms with van der Waals surface area (Å²) in [4.78, 5) is 15.4. The number of aryl methyl sites for hydroxylation is 1. The van der Waals surface area contributed by atoms with E-state index in [1.807, 2.05) is 16.7 Å². The van der Waals surface area contributed by atoms with Gasteiger partial charge in [-0.3, -0.25) is 4.57 Å². The molecule has 0 aliphatic heterocycles. The van der Waals surface area contributed by atoms with Gasteiger partial charge in [-0.2, -0.15) is 0 Å². The summed E-state index contributed by atoms with van der Waals surface area (Å²) in [5, 5.41) is 9.08. The summed E-state index contributed by atoms with van der Waals surface area (Å²) < 4.78 is 1.90. The Morgan fingerprint density at radius 2 is 1.95 bits per heavy atom. The number of nitrogens with zero attached hydrogens (tertiary/aromatic N) is 2. The van der Waals surface area contributed by atoms with Gasteiger partial charge in [0.05, 0.1) is 16.6 Å². The Bertz CT molecular complexity index is 773. The Morgan fingerprint density at radius 3 is 2.60 bits per heavy atom. The Morgan fingerprint density at radius 1 is 1.20 bits per heavy atom. The van der Waals surface area contributed by atoms with E-state index in [9.17, 15) is 4.79 Å². The number of imidazole rings is 1. The molecule has 0 saturated heterocycles. The molecule has 2 aromatic carbocycles. The van der Waals surface area contributed by atoms with Crippen LogP contribution in [0.2, 0.25) is 0 Å². The first-order valence-electron chi connectivity index (χ1n) is 6.49. The molecule has 3 rings (SSSR count). The van der Waals surface area contributed by atoms with Gasteiger partial charge in [-0.25, -0.2) is 9.78 Å². The maximum absolute atomic E-state index is 11.1. The summed E-state index contributed by atoms with van der Waals surface area (Å²) in [6.07, 6.45) is 2.71. The van der Waals surface area contributed by atoms with E-state index in [-0.39, 0.29) is 5.56 Å². The Hall–Kier alpha value is -2.62. The summed E-state index contributed by atoms with van der Waals surface area (Å²) >= 11 is 0. The summed E-state index contributed by atoms with van der Waals surface area (Å²) in [5.41, 5.74) is 4.10. The van der Waals surface area contributed by atoms with Gasteiger partial charge >= 0.3 is 5.97 Å². The molecule has 3 aromatic rings. The van der Waals surface area contributed by atoms with Crippen molar-refractivity contribution >= 4 is 17.0 Å². The average Bonchev–Trinajstić information content (AvgIpc) is 2.90. The molecule has 0 amide bonds. The van der Waals surface area contributed by atoms with E-state index in [1.165, 1.54) is 5.56 Å². The predicted octanol–water partition coefficient (Wildman–Crippen LogP) is 3.29. The van der Waals surface area contributed by atoms with Gasteiger partial charge in [0.15, 0.2) is 0 Å². The highest BCUT2D eigenvalue weighted by Crippen LogP contribution is 2.20. The van der Waals surface area contributed by atoms with E-state index < -0.39 is 5.97 Å². The third kappa shape index (κ3) is 2.05. The largest absolute Gasteiger partial charge is 0.478 e. The second kappa shape index (κ2) is 4.81. The first-order valence-corrected chi connectivity index (χ1v) is 6.49. The standard InChI is InChI=1S/C16H14N2O2/c1-2-11-3-6-13(7-4-11)18-10-17-14-8-5-12(16(19)20)9-15(14)18/h3-10H,2H2,1H3,(H,19,20). The average molecular weight is 266 g/mol. The monoisotopic (exact) mass is 266 g/mol. The van der Waals surface area contributed by atoms with Gasteiger partial charge in [-0.1, -0.05) is 19.1 Å². The van der Waals surface area contributed by atoms with E-state index in [4.69, 9.17) is 5.11 Å². The van der Waals surface area contributed by atoms with E-state index in [1.54, 1.807) is 24.5 Å². The molecular weight excluding hydrogens is 252 g/mol. The van der Waals surface area contributed by atoms with Crippen LogP contribution in [0.25, 0.3) is 16.7 Å². The van der Waals surface area contributed by atoms with Crippen LogP contribution < -0.4 is 0 Å². The molecule has 100 valence electrons. The molecule has 0 unspecified atom stereocenters. The van der Waals surface area contributed by atoms with Crippen LogP contribution in [0.1, 0.15) is 22.8 Å². The first kappa shape index (κ1) is 12.4. The van der Waals surface area contributed by atoms with Crippen LogP contribution in [-0.2, 0) is 6.42 Å². The highest BCUT2D eigenvalue weighted by atomic mass is 16.4. The SMILES string of the molecule is CCc1ccc(-n2cnc3ccc(C(=O)O)cc32)cc1. The van der Waals surface area contributed by atoms with Crippen LogP contribution in [0.4, 0.5) is 0 Å². The second-order valence-electron chi connectivity index (χ2n) is 4.64. The lowest BCUT2D eigenvalue weighted by atomic mass is 10.1. The Kier molecular flexibility index (Phi) is 2.99. The fourth-order valence-corrected chi connectivity index (χ4v) is 2.24. The fraction of sp³-hybridized carbons (Fsp3) is 0.125. The van der Waals surface area contributed by atoms with Crippen molar-refractivity contribution in [2.24, 2.45) is 0 Å². The summed E-state index contributed by atoms with van der Waals surface area (Å²) in [7, 11) is 0. The van der Waals surface area contributed by atoms with Crippen molar-refractivity contribution < 1.29 is 9.90 Å². The molecule has 4 nitrogen and oxygen atoms in total. The van der Waals surface area contributed by atoms with Crippen LogP contribution in [0.3, 0.4) is 0 Å². The molecule has 1 heterocycles. The molecule has 0 atom stereocenters. The molecule has 4 heteroatoms. The van der Waals surface area contributed by atoms with Crippen LogP contribution in [0.15, 0.2) is 48.8 Å². The molecule has 20 heavy (non-hydrogen) atoms. The molecule has 0 saturated carbocycles. The molecule has 0 fully saturated rings. The number of aromatic nitrogens is 2. The van der Waals surface area contributed by atoms with Gasteiger partial charge in [0.1, 0.15) is 6.33 Å². The molecule has 0 spiro atoms. The number of aromatic carboxylic acids is 1. The van der Waals surface area contributed by atoms with Crippen molar-refractivity contribution in [1.29, 1.82) is 0 Å². The Balaban J connectivity index is 2.14. The lowest BCUT2D eigenvalue weighted by Gasteiger charge is -2.06. The highest BCUT2D eigenvalue weighted by molar-refractivity contribution is 5.92. The maximum atomic E-state index is 11.1. The van der Waals surface area contributed by atoms with Crippen LogP contribution in [0.5, 0.6) is 0 Å². The number of benzene rings is 2. The van der Waals surface area contributed by atoms with Crippen molar-refractivity contribution in [3.8, 4) is 5.69 Å². The van der Waals surface area contributed by atoms with Gasteiger partial charge in [0.25, 0.3) is 0 Å². The van der Waals surface area contributed by atoms with Crippen molar-refractivity contribution in [2.75, 3.05) is 0 Å². The van der Waals surface area contributed by atoms with Gasteiger partial charge in [0.2, 0.25) is 0 Å². The van der Waals surface area contributed by atoms with Crippen molar-refractivity contribution in [3.63, 3.8) is 0 Å². The van der Waals surface area contributed by atoms with Crippen molar-refractivity contribution in [1.82, 2.24) is 9.55 Å². The Labute approximate surface area is 116 Å². The van der Waals surface area contributed by atoms with E-state index in [2.05, 4.69) is 24.0 Å². The number of hydrogen-bond donors (Lipinski definition) is 1. The summed E-state index contributed by atoms with van der Waals surface area (Å²) in [6.45, 7) is 2.11. The normalized spacial score (nSPS) is 10.8. The van der Waals surface area contributed by atoms with Gasteiger partial charge in [-0.05, 0) is 42.3 Å². The van der Waals surface area contributed by atoms with E-state index in [0.717, 1.165) is 23.1 Å². The quantitative estimate of drug-likeness (QED) is 0.791. The van der Waals surface area contributed by atoms with E-state index >= 15 is 0 Å². The zero-order chi connectivity index (χ0) is 14.1. The molecule has 1 aromatic heterocycles. The predicted molar refractivity (Wildman–Crippen MR) is 77.4 cm³/mol. The molecule has 1 N–H and O–H groups in total. The van der Waals surface area contributed by atoms with Crippen molar-refractivity contribution in [3.05, 3.63) is 59.9 Å². The minimum atomic E-state index is -0.930. The summed E-state index contributed by atoms with van der Waals surface area (Å²) in [6, 6.07) is 13.1. The van der Waals surface area contributed by atoms with Gasteiger partial charge in [0, 0.05) is 5.69 Å². The van der Waals surface area contributed by atoms with Gasteiger partial charge in [-0.15, -0.1) is 0 Å². The lowest BCUT2D eigenvalue weighted by molar-refractivity contribution is 0.0697. The van der Waals surface area contributed by atoms with Crippen molar-refractivity contribution in [2.45, 2.75) is 13.3 Å². The minimum Gasteiger partial charge on any atom is -0.478 e. The zero-order valence-corrected chi connectivity index (χ0v) is 11.1. The lowest BCUT2D eigenvalue weighted by Crippen LogP contribution is -1.97. The number of rotatable bonds is 3. The minimum absolute atomic E-state index is 0.268. The van der Waals surface area contributed by atoms with Crippen LogP contribution in [0, 0.1) is 0 Å². The number of carboxylic acid groups (broad SMARTS) is 1. The third-order valence-corrected chi connectivity index (χ3v) is 3.42. The van der Waals surface area contributed by atoms with Crippen LogP contribution in [-0.4, -0.2) is 20.6 Å². The molecule has 0 bridgehead atoms. The number of carbonyl (C=O) groups is 1. The van der Waals surface area contributed by atoms with Gasteiger partial charge < -0.3 is 5.11 Å². The molecule has 0 aliphatic rings. The maximum Gasteiger partial charge on any atom is 0.335 e. The topological polar surface area (TPSA) is 55.1 Å². The number of carboxylic acids is 1. The van der Waals surface area contributed by atoms with Crippen LogP contribution >= 0.6 is 0 Å². The molecule has 0 radical (unpaired) electrons. The number of fused-ring (bicyclic) bond motifs is 1.